The van der Waals surface area contributed by atoms with Crippen molar-refractivity contribution in [3.05, 3.63) is 27.1 Å². The van der Waals surface area contributed by atoms with Crippen LogP contribution in [0.3, 0.4) is 0 Å². The van der Waals surface area contributed by atoms with E-state index in [0.29, 0.717) is 0 Å². The molecular weight excluding hydrogens is 334 g/mol. The lowest BCUT2D eigenvalue weighted by atomic mass is 10.2. The first-order chi connectivity index (χ1) is 7.67. The Labute approximate surface area is 114 Å². The number of benzene rings is 1. The monoisotopic (exact) mass is 349 g/mol. The maximum Gasteiger partial charge on any atom is 0.134 e. The Morgan fingerprint density at radius 2 is 2.06 bits per heavy atom. The lowest BCUT2D eigenvalue weighted by molar-refractivity contribution is 0.193. The van der Waals surface area contributed by atoms with Crippen molar-refractivity contribution in [2.75, 3.05) is 13.1 Å². The topological polar surface area (TPSA) is 21.3 Å². The Morgan fingerprint density at radius 1 is 1.31 bits per heavy atom. The van der Waals surface area contributed by atoms with E-state index >= 15 is 0 Å². The van der Waals surface area contributed by atoms with Crippen LogP contribution in [0.25, 0.3) is 0 Å². The molecule has 0 aliphatic carbocycles. The molecule has 0 fully saturated rings. The van der Waals surface area contributed by atoms with E-state index in [1.165, 1.54) is 0 Å². The molecule has 0 aliphatic heterocycles. The molecule has 0 amide bonds. The van der Waals surface area contributed by atoms with Gasteiger partial charge in [0.2, 0.25) is 0 Å². The van der Waals surface area contributed by atoms with Crippen molar-refractivity contribution in [3.8, 4) is 5.75 Å². The third-order valence-corrected chi connectivity index (χ3v) is 3.38. The molecule has 0 bridgehead atoms. The SMILES string of the molecule is CCNCC(CC)Oc1ccc(Br)cc1Br. The van der Waals surface area contributed by atoms with Crippen LogP contribution in [0.5, 0.6) is 5.75 Å². The van der Waals surface area contributed by atoms with E-state index in [1.54, 1.807) is 0 Å². The second kappa shape index (κ2) is 7.30. The zero-order valence-corrected chi connectivity index (χ0v) is 12.8. The third-order valence-electron chi connectivity index (χ3n) is 2.26. The Hall–Kier alpha value is -0.0600. The molecule has 1 unspecified atom stereocenters. The van der Waals surface area contributed by atoms with Gasteiger partial charge in [-0.15, -0.1) is 0 Å². The Bertz CT molecular complexity index is 331. The van der Waals surface area contributed by atoms with Crippen LogP contribution in [0.15, 0.2) is 27.1 Å². The van der Waals surface area contributed by atoms with E-state index in [9.17, 15) is 0 Å². The van der Waals surface area contributed by atoms with Gasteiger partial charge in [0.25, 0.3) is 0 Å². The maximum absolute atomic E-state index is 5.92. The van der Waals surface area contributed by atoms with Gasteiger partial charge in [-0.2, -0.15) is 0 Å². The number of rotatable bonds is 6. The smallest absolute Gasteiger partial charge is 0.134 e. The van der Waals surface area contributed by atoms with Crippen LogP contribution < -0.4 is 10.1 Å². The van der Waals surface area contributed by atoms with Gasteiger partial charge in [0.05, 0.1) is 4.47 Å². The molecule has 16 heavy (non-hydrogen) atoms. The molecule has 1 N–H and O–H groups in total. The minimum Gasteiger partial charge on any atom is -0.488 e. The number of hydrogen-bond acceptors (Lipinski definition) is 2. The Kier molecular flexibility index (Phi) is 6.39. The largest absolute Gasteiger partial charge is 0.488 e. The molecule has 4 heteroatoms. The van der Waals surface area contributed by atoms with E-state index < -0.39 is 0 Å². The van der Waals surface area contributed by atoms with Gasteiger partial charge in [-0.25, -0.2) is 0 Å². The lowest BCUT2D eigenvalue weighted by Crippen LogP contribution is -2.30. The third kappa shape index (κ3) is 4.44. The number of nitrogens with one attached hydrogen (secondary N) is 1. The average Bonchev–Trinajstić information content (AvgIpc) is 2.27. The first-order valence-electron chi connectivity index (χ1n) is 5.49. The van der Waals surface area contributed by atoms with Crippen molar-refractivity contribution < 1.29 is 4.74 Å². The van der Waals surface area contributed by atoms with Gasteiger partial charge in [-0.1, -0.05) is 29.8 Å². The number of halogens is 2. The molecular formula is C12H17Br2NO. The molecule has 0 heterocycles. The minimum atomic E-state index is 0.220. The molecule has 0 spiro atoms. The molecule has 0 radical (unpaired) electrons. The molecule has 1 aromatic carbocycles. The predicted molar refractivity (Wildman–Crippen MR) is 75.1 cm³/mol. The van der Waals surface area contributed by atoms with Crippen molar-refractivity contribution in [2.45, 2.75) is 26.4 Å². The van der Waals surface area contributed by atoms with Gasteiger partial charge in [0.1, 0.15) is 11.9 Å². The quantitative estimate of drug-likeness (QED) is 0.837. The molecule has 0 saturated heterocycles. The van der Waals surface area contributed by atoms with E-state index in [1.807, 2.05) is 18.2 Å². The fourth-order valence-electron chi connectivity index (χ4n) is 1.33. The lowest BCUT2D eigenvalue weighted by Gasteiger charge is -2.18. The van der Waals surface area contributed by atoms with Gasteiger partial charge in [-0.05, 0) is 47.1 Å². The van der Waals surface area contributed by atoms with Crippen molar-refractivity contribution in [2.24, 2.45) is 0 Å². The summed E-state index contributed by atoms with van der Waals surface area (Å²) in [7, 11) is 0. The summed E-state index contributed by atoms with van der Waals surface area (Å²) < 4.78 is 7.95. The highest BCUT2D eigenvalue weighted by molar-refractivity contribution is 9.11. The van der Waals surface area contributed by atoms with Crippen LogP contribution in [0.4, 0.5) is 0 Å². The molecule has 90 valence electrons. The highest BCUT2D eigenvalue weighted by Gasteiger charge is 2.09. The summed E-state index contributed by atoms with van der Waals surface area (Å²) >= 11 is 6.92. The van der Waals surface area contributed by atoms with Crippen LogP contribution in [-0.2, 0) is 0 Å². The summed E-state index contributed by atoms with van der Waals surface area (Å²) in [6, 6.07) is 5.96. The summed E-state index contributed by atoms with van der Waals surface area (Å²) in [6.07, 6.45) is 1.22. The van der Waals surface area contributed by atoms with Crippen LogP contribution in [-0.4, -0.2) is 19.2 Å². The van der Waals surface area contributed by atoms with E-state index in [4.69, 9.17) is 4.74 Å². The molecule has 1 rings (SSSR count). The number of hydrogen-bond donors (Lipinski definition) is 1. The van der Waals surface area contributed by atoms with E-state index in [-0.39, 0.29) is 6.10 Å². The van der Waals surface area contributed by atoms with Crippen molar-refractivity contribution in [3.63, 3.8) is 0 Å². The normalized spacial score (nSPS) is 12.5. The molecule has 0 aliphatic rings. The fourth-order valence-corrected chi connectivity index (χ4v) is 2.47. The first kappa shape index (κ1) is 14.0. The summed E-state index contributed by atoms with van der Waals surface area (Å²) in [4.78, 5) is 0. The van der Waals surface area contributed by atoms with E-state index in [0.717, 1.165) is 34.2 Å². The van der Waals surface area contributed by atoms with Crippen LogP contribution in [0.1, 0.15) is 20.3 Å². The summed E-state index contributed by atoms with van der Waals surface area (Å²) in [5, 5.41) is 3.30. The van der Waals surface area contributed by atoms with E-state index in [2.05, 4.69) is 51.0 Å². The highest BCUT2D eigenvalue weighted by Crippen LogP contribution is 2.29. The molecule has 0 saturated carbocycles. The maximum atomic E-state index is 5.92. The van der Waals surface area contributed by atoms with Gasteiger partial charge >= 0.3 is 0 Å². The average molecular weight is 351 g/mol. The van der Waals surface area contributed by atoms with Gasteiger partial charge in [-0.3, -0.25) is 0 Å². The highest BCUT2D eigenvalue weighted by atomic mass is 79.9. The molecule has 1 aromatic rings. The molecule has 1 atom stereocenters. The van der Waals surface area contributed by atoms with Crippen molar-refractivity contribution >= 4 is 31.9 Å². The Balaban J connectivity index is 2.62. The minimum absolute atomic E-state index is 0.220. The summed E-state index contributed by atoms with van der Waals surface area (Å²) in [5.74, 6) is 0.896. The standard InChI is InChI=1S/C12H17Br2NO/c1-3-10(8-15-4-2)16-12-6-5-9(13)7-11(12)14/h5-7,10,15H,3-4,8H2,1-2H3. The van der Waals surface area contributed by atoms with Crippen LogP contribution in [0.2, 0.25) is 0 Å². The van der Waals surface area contributed by atoms with Crippen molar-refractivity contribution in [1.29, 1.82) is 0 Å². The van der Waals surface area contributed by atoms with Gasteiger partial charge < -0.3 is 10.1 Å². The summed E-state index contributed by atoms with van der Waals surface area (Å²) in [5.41, 5.74) is 0. The zero-order chi connectivity index (χ0) is 12.0. The Morgan fingerprint density at radius 3 is 2.62 bits per heavy atom. The summed E-state index contributed by atoms with van der Waals surface area (Å²) in [6.45, 7) is 6.09. The fraction of sp³-hybridized carbons (Fsp3) is 0.500. The second-order valence-corrected chi connectivity index (χ2v) is 5.30. The number of ether oxygens (including phenoxy) is 1. The van der Waals surface area contributed by atoms with Gasteiger partial charge in [0, 0.05) is 11.0 Å². The van der Waals surface area contributed by atoms with Crippen LogP contribution in [0, 0.1) is 0 Å². The van der Waals surface area contributed by atoms with Gasteiger partial charge in [0.15, 0.2) is 0 Å². The second-order valence-electron chi connectivity index (χ2n) is 3.53. The van der Waals surface area contributed by atoms with Crippen LogP contribution >= 0.6 is 31.9 Å². The zero-order valence-electron chi connectivity index (χ0n) is 9.59. The predicted octanol–water partition coefficient (Wildman–Crippen LogP) is 3.98. The number of likely N-dealkylation sites (N-methyl/N-ethyl adjacent to an activating group) is 1. The molecule has 0 aromatic heterocycles. The van der Waals surface area contributed by atoms with Crippen molar-refractivity contribution in [1.82, 2.24) is 5.32 Å². The molecule has 2 nitrogen and oxygen atoms in total. The first-order valence-corrected chi connectivity index (χ1v) is 7.08.